The molecule has 3 rings (SSSR count). The van der Waals surface area contributed by atoms with Gasteiger partial charge >= 0.3 is 0 Å². The lowest BCUT2D eigenvalue weighted by Gasteiger charge is -2.38. The molecule has 1 fully saturated rings. The summed E-state index contributed by atoms with van der Waals surface area (Å²) in [5.74, 6) is 0. The monoisotopic (exact) mass is 247 g/mol. The summed E-state index contributed by atoms with van der Waals surface area (Å²) in [5.41, 5.74) is 10.3. The number of nitrogens with two attached hydrogens (primary N) is 1. The molecule has 1 aromatic carbocycles. The molecule has 1 aliphatic rings. The second-order valence-corrected chi connectivity index (χ2v) is 5.72. The molecule has 1 aliphatic heterocycles. The zero-order valence-corrected chi connectivity index (χ0v) is 10.8. The Morgan fingerprint density at radius 1 is 1.47 bits per heavy atom. The highest BCUT2D eigenvalue weighted by Gasteiger charge is 2.23. The molecule has 2 heterocycles. The normalized spacial score (nSPS) is 25.4. The van der Waals surface area contributed by atoms with Crippen molar-refractivity contribution in [3.05, 3.63) is 23.7 Å². The number of hydrogen-bond donors (Lipinski definition) is 1. The van der Waals surface area contributed by atoms with E-state index in [1.807, 2.05) is 5.51 Å². The quantitative estimate of drug-likeness (QED) is 0.842. The lowest BCUT2D eigenvalue weighted by atomic mass is 9.98. The number of aromatic nitrogens is 1. The van der Waals surface area contributed by atoms with Gasteiger partial charge in [0.05, 0.1) is 15.7 Å². The first-order valence-electron chi connectivity index (χ1n) is 6.09. The first-order valence-corrected chi connectivity index (χ1v) is 6.97. The van der Waals surface area contributed by atoms with Gasteiger partial charge in [-0.3, -0.25) is 0 Å². The molecule has 4 heteroatoms. The van der Waals surface area contributed by atoms with E-state index in [0.717, 1.165) is 24.9 Å². The number of benzene rings is 1. The number of nitrogens with zero attached hydrogens (tertiary/aromatic N) is 2. The molecule has 3 nitrogen and oxygen atoms in total. The average Bonchev–Trinajstić information content (AvgIpc) is 2.75. The van der Waals surface area contributed by atoms with Crippen LogP contribution >= 0.6 is 11.3 Å². The molecule has 2 unspecified atom stereocenters. The van der Waals surface area contributed by atoms with E-state index in [1.165, 1.54) is 10.4 Å². The molecule has 1 saturated heterocycles. The first kappa shape index (κ1) is 11.0. The largest absolute Gasteiger partial charge is 0.369 e. The smallest absolute Gasteiger partial charge is 0.0813 e. The average molecular weight is 247 g/mol. The Morgan fingerprint density at radius 2 is 2.35 bits per heavy atom. The Bertz CT molecular complexity index is 522. The fourth-order valence-corrected chi connectivity index (χ4v) is 3.32. The van der Waals surface area contributed by atoms with Gasteiger partial charge in [0, 0.05) is 24.3 Å². The highest BCUT2D eigenvalue weighted by molar-refractivity contribution is 7.16. The standard InChI is InChI=1S/C13H17N3S/c1-9-6-10(14)4-5-16(9)11-2-3-12-13(7-11)17-8-15-12/h2-3,7-10H,4-6,14H2,1H3. The SMILES string of the molecule is CC1CC(N)CCN1c1ccc2ncsc2c1. The van der Waals surface area contributed by atoms with Crippen LogP contribution in [-0.2, 0) is 0 Å². The van der Waals surface area contributed by atoms with Gasteiger partial charge in [-0.05, 0) is 38.0 Å². The van der Waals surface area contributed by atoms with Crippen molar-refractivity contribution in [2.45, 2.75) is 31.8 Å². The van der Waals surface area contributed by atoms with E-state index in [0.29, 0.717) is 12.1 Å². The molecule has 2 atom stereocenters. The molecular weight excluding hydrogens is 230 g/mol. The number of hydrogen-bond acceptors (Lipinski definition) is 4. The second kappa shape index (κ2) is 4.27. The van der Waals surface area contributed by atoms with Gasteiger partial charge in [0.15, 0.2) is 0 Å². The van der Waals surface area contributed by atoms with Crippen LogP contribution in [0.1, 0.15) is 19.8 Å². The van der Waals surface area contributed by atoms with Gasteiger partial charge in [0.1, 0.15) is 0 Å². The van der Waals surface area contributed by atoms with Crippen molar-refractivity contribution in [2.75, 3.05) is 11.4 Å². The number of fused-ring (bicyclic) bond motifs is 1. The summed E-state index contributed by atoms with van der Waals surface area (Å²) >= 11 is 1.70. The van der Waals surface area contributed by atoms with Crippen LogP contribution in [-0.4, -0.2) is 23.6 Å². The third-order valence-electron chi connectivity index (χ3n) is 3.56. The summed E-state index contributed by atoms with van der Waals surface area (Å²) in [7, 11) is 0. The fraction of sp³-hybridized carbons (Fsp3) is 0.462. The Kier molecular flexibility index (Phi) is 2.76. The van der Waals surface area contributed by atoms with E-state index >= 15 is 0 Å². The van der Waals surface area contributed by atoms with Crippen LogP contribution in [0.15, 0.2) is 23.7 Å². The lowest BCUT2D eigenvalue weighted by Crippen LogP contribution is -2.45. The Morgan fingerprint density at radius 3 is 3.18 bits per heavy atom. The minimum Gasteiger partial charge on any atom is -0.369 e. The third-order valence-corrected chi connectivity index (χ3v) is 4.35. The van der Waals surface area contributed by atoms with E-state index in [1.54, 1.807) is 11.3 Å². The summed E-state index contributed by atoms with van der Waals surface area (Å²) in [6.45, 7) is 3.32. The van der Waals surface area contributed by atoms with Gasteiger partial charge in [0.2, 0.25) is 0 Å². The Balaban J connectivity index is 1.92. The topological polar surface area (TPSA) is 42.1 Å². The third kappa shape index (κ3) is 2.03. The van der Waals surface area contributed by atoms with Crippen LogP contribution in [0, 0.1) is 0 Å². The van der Waals surface area contributed by atoms with Gasteiger partial charge in [0.25, 0.3) is 0 Å². The van der Waals surface area contributed by atoms with E-state index in [9.17, 15) is 0 Å². The van der Waals surface area contributed by atoms with Crippen molar-refractivity contribution in [1.29, 1.82) is 0 Å². The van der Waals surface area contributed by atoms with Crippen LogP contribution < -0.4 is 10.6 Å². The predicted octanol–water partition coefficient (Wildman–Crippen LogP) is 2.61. The molecule has 0 amide bonds. The zero-order valence-electron chi connectivity index (χ0n) is 9.97. The highest BCUT2D eigenvalue weighted by Crippen LogP contribution is 2.28. The molecule has 0 aliphatic carbocycles. The van der Waals surface area contributed by atoms with E-state index in [4.69, 9.17) is 5.73 Å². The summed E-state index contributed by atoms with van der Waals surface area (Å²) in [4.78, 5) is 6.78. The zero-order chi connectivity index (χ0) is 11.8. The molecule has 0 bridgehead atoms. The van der Waals surface area contributed by atoms with Crippen LogP contribution in [0.3, 0.4) is 0 Å². The van der Waals surface area contributed by atoms with Crippen LogP contribution in [0.25, 0.3) is 10.2 Å². The number of thiazole rings is 1. The minimum atomic E-state index is 0.369. The summed E-state index contributed by atoms with van der Waals surface area (Å²) in [6.07, 6.45) is 2.17. The summed E-state index contributed by atoms with van der Waals surface area (Å²) < 4.78 is 1.27. The highest BCUT2D eigenvalue weighted by atomic mass is 32.1. The van der Waals surface area contributed by atoms with Crippen LogP contribution in [0.4, 0.5) is 5.69 Å². The maximum Gasteiger partial charge on any atom is 0.0813 e. The number of piperidine rings is 1. The molecule has 2 aromatic rings. The van der Waals surface area contributed by atoms with Gasteiger partial charge in [-0.15, -0.1) is 11.3 Å². The Labute approximate surface area is 105 Å². The molecule has 0 spiro atoms. The molecule has 2 N–H and O–H groups in total. The van der Waals surface area contributed by atoms with Gasteiger partial charge in [-0.2, -0.15) is 0 Å². The maximum atomic E-state index is 6.00. The lowest BCUT2D eigenvalue weighted by molar-refractivity contribution is 0.430. The van der Waals surface area contributed by atoms with E-state index in [2.05, 4.69) is 35.0 Å². The van der Waals surface area contributed by atoms with Gasteiger partial charge < -0.3 is 10.6 Å². The molecule has 1 aromatic heterocycles. The van der Waals surface area contributed by atoms with Crippen molar-refractivity contribution in [3.8, 4) is 0 Å². The van der Waals surface area contributed by atoms with Gasteiger partial charge in [-0.25, -0.2) is 4.98 Å². The summed E-state index contributed by atoms with van der Waals surface area (Å²) in [5, 5.41) is 0. The van der Waals surface area contributed by atoms with Gasteiger partial charge in [-0.1, -0.05) is 0 Å². The second-order valence-electron chi connectivity index (χ2n) is 4.83. The minimum absolute atomic E-state index is 0.369. The van der Waals surface area contributed by atoms with Crippen molar-refractivity contribution >= 4 is 27.2 Å². The van der Waals surface area contributed by atoms with Crippen molar-refractivity contribution in [3.63, 3.8) is 0 Å². The number of anilines is 1. The molecule has 17 heavy (non-hydrogen) atoms. The van der Waals surface area contributed by atoms with Crippen molar-refractivity contribution in [2.24, 2.45) is 5.73 Å². The van der Waals surface area contributed by atoms with E-state index in [-0.39, 0.29) is 0 Å². The fourth-order valence-electron chi connectivity index (χ4n) is 2.61. The van der Waals surface area contributed by atoms with Crippen molar-refractivity contribution in [1.82, 2.24) is 4.98 Å². The van der Waals surface area contributed by atoms with E-state index < -0.39 is 0 Å². The first-order chi connectivity index (χ1) is 8.24. The van der Waals surface area contributed by atoms with Crippen molar-refractivity contribution < 1.29 is 0 Å². The predicted molar refractivity (Wildman–Crippen MR) is 73.6 cm³/mol. The molecule has 90 valence electrons. The van der Waals surface area contributed by atoms with Crippen LogP contribution in [0.2, 0.25) is 0 Å². The van der Waals surface area contributed by atoms with Crippen LogP contribution in [0.5, 0.6) is 0 Å². The summed E-state index contributed by atoms with van der Waals surface area (Å²) in [6, 6.07) is 7.44. The maximum absolute atomic E-state index is 6.00. The molecular formula is C13H17N3S. The Hall–Kier alpha value is -1.13. The molecule has 0 saturated carbocycles. The molecule has 0 radical (unpaired) electrons. The number of rotatable bonds is 1.